The topological polar surface area (TPSA) is 149 Å². The van der Waals surface area contributed by atoms with Crippen LogP contribution in [-0.4, -0.2) is 87.5 Å². The number of carbonyl (C=O) groups is 1. The second-order valence-electron chi connectivity index (χ2n) is 16.2. The molecule has 0 aliphatic carbocycles. The number of ether oxygens (including phenoxy) is 2. The van der Waals surface area contributed by atoms with E-state index in [1.54, 1.807) is 0 Å². The van der Waals surface area contributed by atoms with Gasteiger partial charge in [-0.05, 0) is 51.4 Å². The Bertz CT molecular complexity index is 972. The van der Waals surface area contributed by atoms with Crippen LogP contribution < -0.4 is 5.32 Å². The second-order valence-corrected chi connectivity index (χ2v) is 16.2. The summed E-state index contributed by atoms with van der Waals surface area (Å²) in [4.78, 5) is 12.8. The van der Waals surface area contributed by atoms with E-state index in [1.165, 1.54) is 116 Å². The lowest BCUT2D eigenvalue weighted by Crippen LogP contribution is -2.60. The van der Waals surface area contributed by atoms with E-state index in [4.69, 9.17) is 9.47 Å². The number of amides is 1. The van der Waals surface area contributed by atoms with Crippen LogP contribution in [-0.2, 0) is 14.3 Å². The first-order valence-electron chi connectivity index (χ1n) is 23.2. The predicted octanol–water partition coefficient (Wildman–Crippen LogP) is 9.67. The summed E-state index contributed by atoms with van der Waals surface area (Å²) in [6.45, 7) is 3.69. The van der Waals surface area contributed by atoms with Gasteiger partial charge in [0.2, 0.25) is 5.91 Å². The zero-order chi connectivity index (χ0) is 40.9. The van der Waals surface area contributed by atoms with Gasteiger partial charge >= 0.3 is 0 Å². The first-order valence-corrected chi connectivity index (χ1v) is 23.2. The van der Waals surface area contributed by atoms with Gasteiger partial charge in [-0.3, -0.25) is 4.79 Å². The number of aliphatic hydroxyl groups is 5. The molecule has 0 aromatic heterocycles. The van der Waals surface area contributed by atoms with Crippen LogP contribution in [0, 0.1) is 0 Å². The molecule has 7 atom stereocenters. The van der Waals surface area contributed by atoms with Gasteiger partial charge in [-0.25, -0.2) is 0 Å². The Morgan fingerprint density at radius 2 is 1.05 bits per heavy atom. The zero-order valence-corrected chi connectivity index (χ0v) is 35.9. The molecule has 7 unspecified atom stereocenters. The smallest absolute Gasteiger partial charge is 0.220 e. The Morgan fingerprint density at radius 1 is 0.607 bits per heavy atom. The highest BCUT2D eigenvalue weighted by atomic mass is 16.7. The molecule has 1 saturated heterocycles. The number of unbranched alkanes of at least 4 members (excludes halogenated alkanes) is 22. The summed E-state index contributed by atoms with van der Waals surface area (Å²) >= 11 is 0. The fourth-order valence-corrected chi connectivity index (χ4v) is 7.23. The average Bonchev–Trinajstić information content (AvgIpc) is 3.20. The molecule has 56 heavy (non-hydrogen) atoms. The number of carbonyl (C=O) groups excluding carboxylic acids is 1. The van der Waals surface area contributed by atoms with Gasteiger partial charge in [0.05, 0.1) is 25.4 Å². The maximum atomic E-state index is 12.8. The second kappa shape index (κ2) is 37.7. The summed E-state index contributed by atoms with van der Waals surface area (Å²) in [5.41, 5.74) is 0. The van der Waals surface area contributed by atoms with Gasteiger partial charge in [0, 0.05) is 6.42 Å². The molecule has 0 spiro atoms. The van der Waals surface area contributed by atoms with Gasteiger partial charge in [0.15, 0.2) is 6.29 Å². The molecule has 0 aromatic carbocycles. The van der Waals surface area contributed by atoms with Crippen LogP contribution >= 0.6 is 0 Å². The molecule has 9 nitrogen and oxygen atoms in total. The molecule has 1 aliphatic rings. The average molecular weight is 794 g/mol. The van der Waals surface area contributed by atoms with E-state index in [0.717, 1.165) is 57.8 Å². The third kappa shape index (κ3) is 27.9. The van der Waals surface area contributed by atoms with E-state index in [9.17, 15) is 30.3 Å². The number of rotatable bonds is 38. The molecule has 1 heterocycles. The predicted molar refractivity (Wildman–Crippen MR) is 230 cm³/mol. The number of nitrogens with one attached hydrogen (secondary N) is 1. The summed E-state index contributed by atoms with van der Waals surface area (Å²) in [6.07, 6.45) is 39.5. The fourth-order valence-electron chi connectivity index (χ4n) is 7.23. The Morgan fingerprint density at radius 3 is 1.55 bits per heavy atom. The maximum absolute atomic E-state index is 12.8. The van der Waals surface area contributed by atoms with Crippen molar-refractivity contribution in [3.05, 3.63) is 36.5 Å². The number of aliphatic hydroxyl groups excluding tert-OH is 5. The molecule has 9 heteroatoms. The summed E-state index contributed by atoms with van der Waals surface area (Å²) in [5.74, 6) is -0.155. The molecule has 328 valence electrons. The Labute approximate surface area is 342 Å². The lowest BCUT2D eigenvalue weighted by atomic mass is 9.99. The number of hydrogen-bond donors (Lipinski definition) is 6. The third-order valence-corrected chi connectivity index (χ3v) is 11.0. The highest BCUT2D eigenvalue weighted by Gasteiger charge is 2.44. The molecule has 6 N–H and O–H groups in total. The minimum Gasteiger partial charge on any atom is -0.394 e. The van der Waals surface area contributed by atoms with Gasteiger partial charge in [0.25, 0.3) is 0 Å². The van der Waals surface area contributed by atoms with Gasteiger partial charge in [0.1, 0.15) is 24.4 Å². The van der Waals surface area contributed by atoms with Crippen molar-refractivity contribution in [3.63, 3.8) is 0 Å². The van der Waals surface area contributed by atoms with Gasteiger partial charge in [-0.1, -0.05) is 179 Å². The summed E-state index contributed by atoms with van der Waals surface area (Å²) in [7, 11) is 0. The minimum absolute atomic E-state index is 0.141. The normalized spacial score (nSPS) is 21.4. The molecule has 1 aliphatic heterocycles. The highest BCUT2D eigenvalue weighted by molar-refractivity contribution is 5.76. The van der Waals surface area contributed by atoms with E-state index in [1.807, 2.05) is 0 Å². The molecule has 1 amide bonds. The van der Waals surface area contributed by atoms with Crippen LogP contribution in [0.1, 0.15) is 200 Å². The number of allylic oxidation sites excluding steroid dienone is 6. The Balaban J connectivity index is 2.05. The van der Waals surface area contributed by atoms with Crippen molar-refractivity contribution in [2.24, 2.45) is 0 Å². The lowest BCUT2D eigenvalue weighted by molar-refractivity contribution is -0.302. The van der Waals surface area contributed by atoms with Crippen molar-refractivity contribution in [2.75, 3.05) is 13.2 Å². The maximum Gasteiger partial charge on any atom is 0.220 e. The van der Waals surface area contributed by atoms with Crippen LogP contribution in [0.25, 0.3) is 0 Å². The quantitative estimate of drug-likeness (QED) is 0.0268. The summed E-state index contributed by atoms with van der Waals surface area (Å²) < 4.78 is 11.1. The van der Waals surface area contributed by atoms with Gasteiger partial charge < -0.3 is 40.3 Å². The van der Waals surface area contributed by atoms with Crippen molar-refractivity contribution in [2.45, 2.75) is 243 Å². The summed E-state index contributed by atoms with van der Waals surface area (Å²) in [5, 5.41) is 53.7. The van der Waals surface area contributed by atoms with Crippen molar-refractivity contribution in [3.8, 4) is 0 Å². The largest absolute Gasteiger partial charge is 0.394 e. The van der Waals surface area contributed by atoms with Crippen molar-refractivity contribution >= 4 is 5.91 Å². The molecule has 0 aromatic rings. The third-order valence-electron chi connectivity index (χ3n) is 11.0. The molecule has 0 saturated carbocycles. The number of hydrogen-bond acceptors (Lipinski definition) is 8. The van der Waals surface area contributed by atoms with E-state index in [-0.39, 0.29) is 12.5 Å². The lowest BCUT2D eigenvalue weighted by Gasteiger charge is -2.40. The van der Waals surface area contributed by atoms with Crippen LogP contribution in [0.3, 0.4) is 0 Å². The SMILES string of the molecule is CCCCCCC/C=C\C/C=C\C/C=C\CCCCCCCCCCCCCCCCC(=O)NC(COC1OC(CO)C(O)C(O)C1O)C(O)CCCCCC. The summed E-state index contributed by atoms with van der Waals surface area (Å²) in [6, 6.07) is -0.714. The molecular weight excluding hydrogens is 707 g/mol. The minimum atomic E-state index is -1.55. The Kier molecular flexibility index (Phi) is 35.3. The van der Waals surface area contributed by atoms with Crippen molar-refractivity contribution < 1.29 is 39.8 Å². The monoisotopic (exact) mass is 794 g/mol. The van der Waals surface area contributed by atoms with Gasteiger partial charge in [-0.15, -0.1) is 0 Å². The van der Waals surface area contributed by atoms with Crippen molar-refractivity contribution in [1.82, 2.24) is 5.32 Å². The van der Waals surface area contributed by atoms with Crippen LogP contribution in [0.4, 0.5) is 0 Å². The van der Waals surface area contributed by atoms with Crippen LogP contribution in [0.5, 0.6) is 0 Å². The molecule has 0 radical (unpaired) electrons. The zero-order valence-electron chi connectivity index (χ0n) is 35.9. The van der Waals surface area contributed by atoms with Crippen molar-refractivity contribution in [1.29, 1.82) is 0 Å². The molecule has 1 rings (SSSR count). The highest BCUT2D eigenvalue weighted by Crippen LogP contribution is 2.23. The first kappa shape index (κ1) is 52.4. The standard InChI is InChI=1S/C47H87NO8/c1-3-5-7-9-10-11-12-13-14-15-16-17-18-19-20-21-22-23-24-25-26-27-28-29-30-31-32-33-35-37-43(51)48-40(41(50)36-34-8-6-4-2)39-55-47-46(54)45(53)44(52)42(38-49)56-47/h12-13,15-16,18-19,40-42,44-47,49-50,52-54H,3-11,14,17,20-39H2,1-2H3,(H,48,51)/b13-12-,16-15-,19-18-. The first-order chi connectivity index (χ1) is 27.3. The van der Waals surface area contributed by atoms with E-state index < -0.39 is 49.5 Å². The Hall–Kier alpha value is -1.59. The van der Waals surface area contributed by atoms with E-state index in [2.05, 4.69) is 55.6 Å². The molecule has 1 fully saturated rings. The van der Waals surface area contributed by atoms with E-state index >= 15 is 0 Å². The van der Waals surface area contributed by atoms with E-state index in [0.29, 0.717) is 12.8 Å². The molecule has 0 bridgehead atoms. The van der Waals surface area contributed by atoms with Crippen LogP contribution in [0.15, 0.2) is 36.5 Å². The molecular formula is C47H87NO8. The van der Waals surface area contributed by atoms with Gasteiger partial charge in [-0.2, -0.15) is 0 Å². The van der Waals surface area contributed by atoms with Crippen LogP contribution in [0.2, 0.25) is 0 Å². The fraction of sp³-hybridized carbons (Fsp3) is 0.851.